The van der Waals surface area contributed by atoms with Crippen molar-refractivity contribution in [2.45, 2.75) is 12.5 Å². The Labute approximate surface area is 102 Å². The number of methoxy groups -OCH3 is 1. The number of aliphatic hydroxyl groups excluding tert-OH is 1. The fraction of sp³-hybridized carbons (Fsp3) is 0.538. The molecule has 17 heavy (non-hydrogen) atoms. The molecular weight excluding hydrogens is 221 g/mol. The molecule has 1 N–H and O–H groups in total. The van der Waals surface area contributed by atoms with E-state index < -0.39 is 6.10 Å². The van der Waals surface area contributed by atoms with Gasteiger partial charge >= 0.3 is 0 Å². The van der Waals surface area contributed by atoms with E-state index in [0.29, 0.717) is 18.6 Å². The molecular formula is C13H20FNO2. The van der Waals surface area contributed by atoms with Crippen molar-refractivity contribution in [1.29, 1.82) is 0 Å². The van der Waals surface area contributed by atoms with Crippen LogP contribution in [0.4, 0.5) is 4.39 Å². The van der Waals surface area contributed by atoms with Crippen molar-refractivity contribution >= 4 is 0 Å². The number of halogens is 1. The van der Waals surface area contributed by atoms with Crippen molar-refractivity contribution in [2.75, 3.05) is 33.9 Å². The Hall–Kier alpha value is -0.970. The molecule has 0 radical (unpaired) electrons. The molecule has 96 valence electrons. The average Bonchev–Trinajstić information content (AvgIpc) is 2.33. The van der Waals surface area contributed by atoms with Gasteiger partial charge in [0.25, 0.3) is 0 Å². The Bertz CT molecular complexity index is 333. The van der Waals surface area contributed by atoms with E-state index in [1.165, 1.54) is 12.1 Å². The predicted molar refractivity (Wildman–Crippen MR) is 65.3 cm³/mol. The van der Waals surface area contributed by atoms with Gasteiger partial charge in [-0.05, 0) is 31.2 Å². The summed E-state index contributed by atoms with van der Waals surface area (Å²) >= 11 is 0. The van der Waals surface area contributed by atoms with E-state index in [4.69, 9.17) is 4.74 Å². The number of ether oxygens (including phenoxy) is 1. The Morgan fingerprint density at radius 3 is 2.82 bits per heavy atom. The van der Waals surface area contributed by atoms with Gasteiger partial charge in [-0.2, -0.15) is 0 Å². The lowest BCUT2D eigenvalue weighted by molar-refractivity contribution is 0.129. The van der Waals surface area contributed by atoms with Gasteiger partial charge in [-0.1, -0.05) is 12.1 Å². The molecule has 0 saturated carbocycles. The lowest BCUT2D eigenvalue weighted by atomic mass is 10.1. The first-order chi connectivity index (χ1) is 8.13. The van der Waals surface area contributed by atoms with E-state index >= 15 is 0 Å². The molecule has 0 spiro atoms. The van der Waals surface area contributed by atoms with Gasteiger partial charge in [0.05, 0.1) is 12.7 Å². The van der Waals surface area contributed by atoms with E-state index in [-0.39, 0.29) is 5.82 Å². The third-order valence-electron chi connectivity index (χ3n) is 2.69. The molecule has 1 aromatic carbocycles. The van der Waals surface area contributed by atoms with Crippen LogP contribution in [0.25, 0.3) is 0 Å². The molecule has 1 rings (SSSR count). The molecule has 0 aliphatic rings. The van der Waals surface area contributed by atoms with Crippen LogP contribution in [0.2, 0.25) is 0 Å². The summed E-state index contributed by atoms with van der Waals surface area (Å²) in [6.07, 6.45) is -0.0281. The molecule has 0 fully saturated rings. The molecule has 0 heterocycles. The third kappa shape index (κ3) is 5.26. The maximum absolute atomic E-state index is 13.0. The van der Waals surface area contributed by atoms with Crippen LogP contribution in [-0.4, -0.2) is 43.9 Å². The normalized spacial score (nSPS) is 13.0. The molecule has 1 unspecified atom stereocenters. The lowest BCUT2D eigenvalue weighted by Gasteiger charge is -2.18. The van der Waals surface area contributed by atoms with Crippen LogP contribution in [0, 0.1) is 5.82 Å². The monoisotopic (exact) mass is 241 g/mol. The molecule has 0 aliphatic heterocycles. The molecule has 1 atom stereocenters. The Morgan fingerprint density at radius 1 is 1.41 bits per heavy atom. The van der Waals surface area contributed by atoms with Gasteiger partial charge < -0.3 is 14.7 Å². The van der Waals surface area contributed by atoms with Gasteiger partial charge in [0.15, 0.2) is 0 Å². The highest BCUT2D eigenvalue weighted by Crippen LogP contribution is 2.17. The first-order valence-electron chi connectivity index (χ1n) is 5.74. The smallest absolute Gasteiger partial charge is 0.123 e. The summed E-state index contributed by atoms with van der Waals surface area (Å²) in [5, 5.41) is 9.89. The van der Waals surface area contributed by atoms with E-state index in [0.717, 1.165) is 13.1 Å². The van der Waals surface area contributed by atoms with E-state index in [1.807, 2.05) is 7.05 Å². The SMILES string of the molecule is COCCN(C)CCC(O)c1cccc(F)c1. The lowest BCUT2D eigenvalue weighted by Crippen LogP contribution is -2.25. The summed E-state index contributed by atoms with van der Waals surface area (Å²) in [6, 6.07) is 6.10. The summed E-state index contributed by atoms with van der Waals surface area (Å²) < 4.78 is 17.9. The Kier molecular flexibility index (Phi) is 6.11. The largest absolute Gasteiger partial charge is 0.388 e. The first-order valence-corrected chi connectivity index (χ1v) is 5.74. The molecule has 0 saturated heterocycles. The minimum atomic E-state index is -0.615. The van der Waals surface area contributed by atoms with Crippen molar-refractivity contribution in [1.82, 2.24) is 4.90 Å². The van der Waals surface area contributed by atoms with Gasteiger partial charge in [0.1, 0.15) is 5.82 Å². The van der Waals surface area contributed by atoms with Gasteiger partial charge in [0, 0.05) is 20.2 Å². The summed E-state index contributed by atoms with van der Waals surface area (Å²) in [5.41, 5.74) is 0.630. The predicted octanol–water partition coefficient (Wildman–Crippen LogP) is 1.83. The zero-order valence-corrected chi connectivity index (χ0v) is 10.4. The molecule has 0 aromatic heterocycles. The molecule has 1 aromatic rings. The van der Waals surface area contributed by atoms with Crippen LogP contribution in [0.3, 0.4) is 0 Å². The van der Waals surface area contributed by atoms with Gasteiger partial charge in [-0.3, -0.25) is 0 Å². The molecule has 0 amide bonds. The minimum Gasteiger partial charge on any atom is -0.388 e. The highest BCUT2D eigenvalue weighted by Gasteiger charge is 2.09. The quantitative estimate of drug-likeness (QED) is 0.790. The van der Waals surface area contributed by atoms with Crippen LogP contribution in [0.15, 0.2) is 24.3 Å². The van der Waals surface area contributed by atoms with Crippen LogP contribution in [-0.2, 0) is 4.74 Å². The number of benzene rings is 1. The second kappa shape index (κ2) is 7.37. The maximum atomic E-state index is 13.0. The number of likely N-dealkylation sites (N-methyl/N-ethyl adjacent to an activating group) is 1. The standard InChI is InChI=1S/C13H20FNO2/c1-15(8-9-17-2)7-6-13(16)11-4-3-5-12(14)10-11/h3-5,10,13,16H,6-9H2,1-2H3. The third-order valence-corrected chi connectivity index (χ3v) is 2.69. The highest BCUT2D eigenvalue weighted by atomic mass is 19.1. The maximum Gasteiger partial charge on any atom is 0.123 e. The average molecular weight is 241 g/mol. The molecule has 3 nitrogen and oxygen atoms in total. The van der Waals surface area contributed by atoms with Crippen molar-refractivity contribution in [3.05, 3.63) is 35.6 Å². The molecule has 0 aliphatic carbocycles. The fourth-order valence-corrected chi connectivity index (χ4v) is 1.58. The number of nitrogens with zero attached hydrogens (tertiary/aromatic N) is 1. The highest BCUT2D eigenvalue weighted by molar-refractivity contribution is 5.18. The van der Waals surface area contributed by atoms with Crippen molar-refractivity contribution in [3.8, 4) is 0 Å². The fourth-order valence-electron chi connectivity index (χ4n) is 1.58. The second-order valence-electron chi connectivity index (χ2n) is 4.16. The summed E-state index contributed by atoms with van der Waals surface area (Å²) in [5.74, 6) is -0.311. The summed E-state index contributed by atoms with van der Waals surface area (Å²) in [4.78, 5) is 2.08. The van der Waals surface area contributed by atoms with Gasteiger partial charge in [-0.15, -0.1) is 0 Å². The van der Waals surface area contributed by atoms with Gasteiger partial charge in [0.2, 0.25) is 0 Å². The van der Waals surface area contributed by atoms with Crippen molar-refractivity contribution < 1.29 is 14.2 Å². The Balaban J connectivity index is 2.36. The van der Waals surface area contributed by atoms with E-state index in [2.05, 4.69) is 4.90 Å². The first kappa shape index (κ1) is 14.1. The van der Waals surface area contributed by atoms with Crippen molar-refractivity contribution in [2.24, 2.45) is 0 Å². The number of aliphatic hydroxyl groups is 1. The van der Waals surface area contributed by atoms with Crippen LogP contribution < -0.4 is 0 Å². The molecule has 0 bridgehead atoms. The second-order valence-corrected chi connectivity index (χ2v) is 4.16. The van der Waals surface area contributed by atoms with Crippen LogP contribution >= 0.6 is 0 Å². The van der Waals surface area contributed by atoms with Crippen LogP contribution in [0.5, 0.6) is 0 Å². The number of rotatable bonds is 7. The van der Waals surface area contributed by atoms with Gasteiger partial charge in [-0.25, -0.2) is 4.39 Å². The number of hydrogen-bond donors (Lipinski definition) is 1. The molecule has 4 heteroatoms. The van der Waals surface area contributed by atoms with Crippen LogP contribution in [0.1, 0.15) is 18.1 Å². The van der Waals surface area contributed by atoms with E-state index in [9.17, 15) is 9.50 Å². The Morgan fingerprint density at radius 2 is 2.18 bits per heavy atom. The zero-order chi connectivity index (χ0) is 12.7. The number of hydrogen-bond acceptors (Lipinski definition) is 3. The van der Waals surface area contributed by atoms with Crippen molar-refractivity contribution in [3.63, 3.8) is 0 Å². The zero-order valence-electron chi connectivity index (χ0n) is 10.4. The topological polar surface area (TPSA) is 32.7 Å². The van der Waals surface area contributed by atoms with E-state index in [1.54, 1.807) is 19.2 Å². The summed E-state index contributed by atoms with van der Waals surface area (Å²) in [6.45, 7) is 2.25. The minimum absolute atomic E-state index is 0.311. The summed E-state index contributed by atoms with van der Waals surface area (Å²) in [7, 11) is 3.63.